The van der Waals surface area contributed by atoms with Crippen molar-refractivity contribution in [2.75, 3.05) is 12.8 Å². The predicted octanol–water partition coefficient (Wildman–Crippen LogP) is 3.63. The Balaban J connectivity index is 2.48. The monoisotopic (exact) mass is 258 g/mol. The SMILES string of the molecule is COc1ccc2c(N)c3c(Cl)cccc3nc2c1. The molecule has 3 aromatic rings. The van der Waals surface area contributed by atoms with Gasteiger partial charge in [0.15, 0.2) is 0 Å². The van der Waals surface area contributed by atoms with Crippen LogP contribution in [0.5, 0.6) is 5.75 Å². The molecule has 0 amide bonds. The predicted molar refractivity (Wildman–Crippen MR) is 75.2 cm³/mol. The van der Waals surface area contributed by atoms with Crippen LogP contribution in [0.25, 0.3) is 21.8 Å². The van der Waals surface area contributed by atoms with Crippen molar-refractivity contribution in [1.82, 2.24) is 4.98 Å². The minimum Gasteiger partial charge on any atom is -0.497 e. The van der Waals surface area contributed by atoms with E-state index in [9.17, 15) is 0 Å². The second-order valence-electron chi connectivity index (χ2n) is 4.04. The molecule has 0 radical (unpaired) electrons. The molecular formula is C14H11ClN2O. The zero-order chi connectivity index (χ0) is 12.7. The van der Waals surface area contributed by atoms with Crippen molar-refractivity contribution in [2.24, 2.45) is 0 Å². The summed E-state index contributed by atoms with van der Waals surface area (Å²) in [5.41, 5.74) is 8.44. The second kappa shape index (κ2) is 4.03. The summed E-state index contributed by atoms with van der Waals surface area (Å²) in [6.07, 6.45) is 0. The van der Waals surface area contributed by atoms with Crippen LogP contribution >= 0.6 is 11.6 Å². The van der Waals surface area contributed by atoms with Crippen molar-refractivity contribution in [3.63, 3.8) is 0 Å². The fourth-order valence-corrected chi connectivity index (χ4v) is 2.37. The molecule has 0 aliphatic heterocycles. The van der Waals surface area contributed by atoms with Gasteiger partial charge >= 0.3 is 0 Å². The maximum Gasteiger partial charge on any atom is 0.121 e. The number of nitrogens with two attached hydrogens (primary N) is 1. The summed E-state index contributed by atoms with van der Waals surface area (Å²) >= 11 is 6.18. The molecule has 18 heavy (non-hydrogen) atoms. The molecular weight excluding hydrogens is 248 g/mol. The molecule has 1 heterocycles. The van der Waals surface area contributed by atoms with Crippen molar-refractivity contribution < 1.29 is 4.74 Å². The van der Waals surface area contributed by atoms with Crippen LogP contribution in [0, 0.1) is 0 Å². The first kappa shape index (κ1) is 11.1. The van der Waals surface area contributed by atoms with Crippen LogP contribution in [0.2, 0.25) is 5.02 Å². The number of halogens is 1. The van der Waals surface area contributed by atoms with Crippen LogP contribution in [-0.2, 0) is 0 Å². The highest BCUT2D eigenvalue weighted by Gasteiger charge is 2.09. The van der Waals surface area contributed by atoms with Gasteiger partial charge in [-0.3, -0.25) is 0 Å². The van der Waals surface area contributed by atoms with Gasteiger partial charge in [-0.05, 0) is 24.3 Å². The molecule has 90 valence electrons. The van der Waals surface area contributed by atoms with Gasteiger partial charge < -0.3 is 10.5 Å². The van der Waals surface area contributed by atoms with E-state index < -0.39 is 0 Å². The summed E-state index contributed by atoms with van der Waals surface area (Å²) in [6.45, 7) is 0. The van der Waals surface area contributed by atoms with E-state index in [1.54, 1.807) is 7.11 Å². The van der Waals surface area contributed by atoms with Crippen LogP contribution < -0.4 is 10.5 Å². The molecule has 0 saturated heterocycles. The summed E-state index contributed by atoms with van der Waals surface area (Å²) in [7, 11) is 1.63. The van der Waals surface area contributed by atoms with E-state index in [0.717, 1.165) is 27.6 Å². The van der Waals surface area contributed by atoms with Crippen molar-refractivity contribution in [1.29, 1.82) is 0 Å². The Kier molecular flexibility index (Phi) is 2.49. The van der Waals surface area contributed by atoms with Gasteiger partial charge in [0.05, 0.1) is 28.9 Å². The number of ether oxygens (including phenoxy) is 1. The fourth-order valence-electron chi connectivity index (χ4n) is 2.10. The number of anilines is 1. The number of hydrogen-bond acceptors (Lipinski definition) is 3. The summed E-state index contributed by atoms with van der Waals surface area (Å²) in [5, 5.41) is 2.31. The molecule has 0 aliphatic carbocycles. The average Bonchev–Trinajstić information content (AvgIpc) is 2.38. The lowest BCUT2D eigenvalue weighted by Crippen LogP contribution is -1.94. The van der Waals surface area contributed by atoms with Crippen molar-refractivity contribution in [3.8, 4) is 5.75 Å². The topological polar surface area (TPSA) is 48.1 Å². The van der Waals surface area contributed by atoms with E-state index in [0.29, 0.717) is 10.7 Å². The second-order valence-corrected chi connectivity index (χ2v) is 4.45. The Bertz CT molecular complexity index is 755. The maximum atomic E-state index is 6.18. The molecule has 0 bridgehead atoms. The van der Waals surface area contributed by atoms with Gasteiger partial charge in [-0.25, -0.2) is 4.98 Å². The van der Waals surface area contributed by atoms with Crippen LogP contribution in [0.4, 0.5) is 5.69 Å². The number of methoxy groups -OCH3 is 1. The third-order valence-electron chi connectivity index (χ3n) is 3.00. The Morgan fingerprint density at radius 1 is 1.17 bits per heavy atom. The largest absolute Gasteiger partial charge is 0.497 e. The highest BCUT2D eigenvalue weighted by molar-refractivity contribution is 6.37. The smallest absolute Gasteiger partial charge is 0.121 e. The number of pyridine rings is 1. The van der Waals surface area contributed by atoms with Gasteiger partial charge in [0, 0.05) is 16.8 Å². The molecule has 4 heteroatoms. The number of hydrogen-bond donors (Lipinski definition) is 1. The van der Waals surface area contributed by atoms with Gasteiger partial charge in [0.25, 0.3) is 0 Å². The van der Waals surface area contributed by atoms with Gasteiger partial charge in [-0.1, -0.05) is 17.7 Å². The molecule has 0 fully saturated rings. The van der Waals surface area contributed by atoms with E-state index in [1.165, 1.54) is 0 Å². The van der Waals surface area contributed by atoms with E-state index in [-0.39, 0.29) is 0 Å². The van der Waals surface area contributed by atoms with E-state index in [2.05, 4.69) is 4.98 Å². The van der Waals surface area contributed by atoms with Gasteiger partial charge in [-0.15, -0.1) is 0 Å². The average molecular weight is 259 g/mol. The molecule has 0 aliphatic rings. The van der Waals surface area contributed by atoms with Crippen molar-refractivity contribution in [3.05, 3.63) is 41.4 Å². The number of rotatable bonds is 1. The zero-order valence-corrected chi connectivity index (χ0v) is 10.5. The molecule has 0 unspecified atom stereocenters. The van der Waals surface area contributed by atoms with Crippen LogP contribution in [0.15, 0.2) is 36.4 Å². The summed E-state index contributed by atoms with van der Waals surface area (Å²) in [6, 6.07) is 11.2. The fraction of sp³-hybridized carbons (Fsp3) is 0.0714. The first-order valence-corrected chi connectivity index (χ1v) is 5.90. The standard InChI is InChI=1S/C14H11ClN2O/c1-18-8-5-6-9-12(7-8)17-11-4-2-3-10(15)13(11)14(9)16/h2-7H,1H3,(H2,16,17). The summed E-state index contributed by atoms with van der Waals surface area (Å²) in [5.74, 6) is 0.760. The Morgan fingerprint density at radius 2 is 2.00 bits per heavy atom. The Hall–Kier alpha value is -2.00. The number of fused-ring (bicyclic) bond motifs is 2. The lowest BCUT2D eigenvalue weighted by atomic mass is 10.1. The van der Waals surface area contributed by atoms with Crippen LogP contribution in [-0.4, -0.2) is 12.1 Å². The molecule has 1 aromatic heterocycles. The van der Waals surface area contributed by atoms with E-state index >= 15 is 0 Å². The first-order valence-electron chi connectivity index (χ1n) is 5.52. The molecule has 0 spiro atoms. The first-order chi connectivity index (χ1) is 8.70. The summed E-state index contributed by atoms with van der Waals surface area (Å²) in [4.78, 5) is 4.56. The van der Waals surface area contributed by atoms with Gasteiger partial charge in [-0.2, -0.15) is 0 Å². The van der Waals surface area contributed by atoms with Crippen molar-refractivity contribution >= 4 is 39.1 Å². The summed E-state index contributed by atoms with van der Waals surface area (Å²) < 4.78 is 5.19. The Labute approximate surface area is 109 Å². The van der Waals surface area contributed by atoms with Crippen LogP contribution in [0.1, 0.15) is 0 Å². The van der Waals surface area contributed by atoms with E-state index in [4.69, 9.17) is 22.1 Å². The molecule has 3 rings (SSSR count). The van der Waals surface area contributed by atoms with Crippen LogP contribution in [0.3, 0.4) is 0 Å². The highest BCUT2D eigenvalue weighted by atomic mass is 35.5. The maximum absolute atomic E-state index is 6.18. The Morgan fingerprint density at radius 3 is 2.78 bits per heavy atom. The van der Waals surface area contributed by atoms with E-state index in [1.807, 2.05) is 36.4 Å². The zero-order valence-electron chi connectivity index (χ0n) is 9.77. The molecule has 3 nitrogen and oxygen atoms in total. The molecule has 2 N–H and O–H groups in total. The number of aromatic nitrogens is 1. The third kappa shape index (κ3) is 1.56. The molecule has 0 saturated carbocycles. The number of nitrogen functional groups attached to an aromatic ring is 1. The lowest BCUT2D eigenvalue weighted by molar-refractivity contribution is 0.415. The molecule has 0 atom stereocenters. The van der Waals surface area contributed by atoms with Crippen molar-refractivity contribution in [2.45, 2.75) is 0 Å². The number of nitrogens with zero attached hydrogens (tertiary/aromatic N) is 1. The van der Waals surface area contributed by atoms with Gasteiger partial charge in [0.2, 0.25) is 0 Å². The quantitative estimate of drug-likeness (QED) is 0.678. The third-order valence-corrected chi connectivity index (χ3v) is 3.31. The molecule has 2 aromatic carbocycles. The number of benzene rings is 2. The normalized spacial score (nSPS) is 11.0. The minimum atomic E-state index is 0.621. The highest BCUT2D eigenvalue weighted by Crippen LogP contribution is 2.34. The van der Waals surface area contributed by atoms with Gasteiger partial charge in [0.1, 0.15) is 5.75 Å². The lowest BCUT2D eigenvalue weighted by Gasteiger charge is -2.09. The minimum absolute atomic E-state index is 0.621.